The van der Waals surface area contributed by atoms with Crippen LogP contribution in [0.1, 0.15) is 18.9 Å². The van der Waals surface area contributed by atoms with E-state index in [1.807, 2.05) is 12.1 Å². The molecule has 0 bridgehead atoms. The molecule has 16 heavy (non-hydrogen) atoms. The molecule has 0 aliphatic carbocycles. The van der Waals surface area contributed by atoms with Crippen LogP contribution in [0, 0.1) is 17.2 Å². The minimum atomic E-state index is 0.238. The molecule has 84 valence electrons. The molecule has 0 amide bonds. The molecule has 2 atom stereocenters. The highest BCUT2D eigenvalue weighted by Gasteiger charge is 2.22. The Balaban J connectivity index is 2.00. The SMILES string of the molecule is CC1CCNCC1Oc1ccc(C#N)cc1. The third-order valence-electron chi connectivity index (χ3n) is 3.03. The van der Waals surface area contributed by atoms with Crippen molar-refractivity contribution >= 4 is 0 Å². The summed E-state index contributed by atoms with van der Waals surface area (Å²) in [5.74, 6) is 1.43. The van der Waals surface area contributed by atoms with Gasteiger partial charge in [-0.05, 0) is 43.1 Å². The van der Waals surface area contributed by atoms with Gasteiger partial charge in [-0.15, -0.1) is 0 Å². The lowest BCUT2D eigenvalue weighted by Gasteiger charge is -2.30. The Labute approximate surface area is 96.0 Å². The third kappa shape index (κ3) is 2.53. The summed E-state index contributed by atoms with van der Waals surface area (Å²) in [5, 5.41) is 12.0. The number of nitriles is 1. The summed E-state index contributed by atoms with van der Waals surface area (Å²) in [6.07, 6.45) is 1.39. The Morgan fingerprint density at radius 3 is 2.75 bits per heavy atom. The number of nitrogens with one attached hydrogen (secondary N) is 1. The van der Waals surface area contributed by atoms with Crippen molar-refractivity contribution < 1.29 is 4.74 Å². The molecule has 3 heteroatoms. The van der Waals surface area contributed by atoms with Crippen molar-refractivity contribution in [1.82, 2.24) is 5.32 Å². The predicted molar refractivity (Wildman–Crippen MR) is 62.2 cm³/mol. The minimum Gasteiger partial charge on any atom is -0.489 e. The Kier molecular flexibility index (Phi) is 3.43. The van der Waals surface area contributed by atoms with Gasteiger partial charge in [0.1, 0.15) is 11.9 Å². The van der Waals surface area contributed by atoms with Gasteiger partial charge in [0.25, 0.3) is 0 Å². The first-order chi connectivity index (χ1) is 7.79. The normalized spacial score (nSPS) is 24.8. The van der Waals surface area contributed by atoms with E-state index in [2.05, 4.69) is 18.3 Å². The molecule has 1 aromatic rings. The van der Waals surface area contributed by atoms with Gasteiger partial charge < -0.3 is 10.1 Å². The van der Waals surface area contributed by atoms with E-state index < -0.39 is 0 Å². The van der Waals surface area contributed by atoms with Crippen molar-refractivity contribution in [2.45, 2.75) is 19.4 Å². The second-order valence-corrected chi connectivity index (χ2v) is 4.26. The molecule has 1 fully saturated rings. The Hall–Kier alpha value is -1.53. The van der Waals surface area contributed by atoms with Gasteiger partial charge in [-0.1, -0.05) is 6.92 Å². The van der Waals surface area contributed by atoms with E-state index in [1.165, 1.54) is 0 Å². The fraction of sp³-hybridized carbons (Fsp3) is 0.462. The first-order valence-electron chi connectivity index (χ1n) is 5.67. The maximum absolute atomic E-state index is 8.69. The summed E-state index contributed by atoms with van der Waals surface area (Å²) in [4.78, 5) is 0. The van der Waals surface area contributed by atoms with E-state index in [0.717, 1.165) is 25.3 Å². The van der Waals surface area contributed by atoms with Gasteiger partial charge in [0, 0.05) is 6.54 Å². The number of hydrogen-bond donors (Lipinski definition) is 1. The number of hydrogen-bond acceptors (Lipinski definition) is 3. The molecule has 1 aromatic carbocycles. The number of ether oxygens (including phenoxy) is 1. The molecular weight excluding hydrogens is 200 g/mol. The van der Waals surface area contributed by atoms with Gasteiger partial charge in [0.2, 0.25) is 0 Å². The van der Waals surface area contributed by atoms with Crippen LogP contribution in [0.4, 0.5) is 0 Å². The van der Waals surface area contributed by atoms with Crippen molar-refractivity contribution in [1.29, 1.82) is 5.26 Å². The van der Waals surface area contributed by atoms with Gasteiger partial charge in [-0.3, -0.25) is 0 Å². The van der Waals surface area contributed by atoms with Crippen molar-refractivity contribution in [3.8, 4) is 11.8 Å². The highest BCUT2D eigenvalue weighted by atomic mass is 16.5. The van der Waals surface area contributed by atoms with E-state index in [0.29, 0.717) is 11.5 Å². The standard InChI is InChI=1S/C13H16N2O/c1-10-6-7-15-9-13(10)16-12-4-2-11(8-14)3-5-12/h2-5,10,13,15H,6-7,9H2,1H3. The molecule has 0 saturated carbocycles. The molecule has 2 rings (SSSR count). The quantitative estimate of drug-likeness (QED) is 0.821. The minimum absolute atomic E-state index is 0.238. The van der Waals surface area contributed by atoms with Gasteiger partial charge >= 0.3 is 0 Å². The zero-order valence-electron chi connectivity index (χ0n) is 9.44. The zero-order chi connectivity index (χ0) is 11.4. The van der Waals surface area contributed by atoms with Crippen molar-refractivity contribution in [2.75, 3.05) is 13.1 Å². The maximum Gasteiger partial charge on any atom is 0.119 e. The highest BCUT2D eigenvalue weighted by Crippen LogP contribution is 2.19. The van der Waals surface area contributed by atoms with E-state index >= 15 is 0 Å². The smallest absolute Gasteiger partial charge is 0.119 e. The molecule has 3 nitrogen and oxygen atoms in total. The van der Waals surface area contributed by atoms with Crippen molar-refractivity contribution in [3.05, 3.63) is 29.8 Å². The van der Waals surface area contributed by atoms with Crippen LogP contribution in [0.2, 0.25) is 0 Å². The molecule has 1 N–H and O–H groups in total. The summed E-state index contributed by atoms with van der Waals surface area (Å²) in [6.45, 7) is 4.20. The molecule has 0 aromatic heterocycles. The maximum atomic E-state index is 8.69. The van der Waals surface area contributed by atoms with Gasteiger partial charge in [0.15, 0.2) is 0 Å². The average molecular weight is 216 g/mol. The molecule has 1 saturated heterocycles. The summed E-state index contributed by atoms with van der Waals surface area (Å²) in [6, 6.07) is 9.40. The first kappa shape index (κ1) is 11.0. The first-order valence-corrected chi connectivity index (χ1v) is 5.67. The Bertz CT molecular complexity index is 380. The molecule has 2 unspecified atom stereocenters. The van der Waals surface area contributed by atoms with E-state index in [1.54, 1.807) is 12.1 Å². The second kappa shape index (κ2) is 5.00. The number of benzene rings is 1. The van der Waals surface area contributed by atoms with Crippen molar-refractivity contribution in [2.24, 2.45) is 5.92 Å². The van der Waals surface area contributed by atoms with Crippen LogP contribution >= 0.6 is 0 Å². The fourth-order valence-electron chi connectivity index (χ4n) is 1.90. The van der Waals surface area contributed by atoms with Crippen LogP contribution in [0.3, 0.4) is 0 Å². The lowest BCUT2D eigenvalue weighted by molar-refractivity contribution is 0.115. The lowest BCUT2D eigenvalue weighted by Crippen LogP contribution is -2.42. The van der Waals surface area contributed by atoms with Gasteiger partial charge in [-0.2, -0.15) is 5.26 Å². The topological polar surface area (TPSA) is 45.0 Å². The number of nitrogens with zero attached hydrogens (tertiary/aromatic N) is 1. The summed E-state index contributed by atoms with van der Waals surface area (Å²) in [5.41, 5.74) is 0.669. The molecule has 1 aliphatic heterocycles. The summed E-state index contributed by atoms with van der Waals surface area (Å²) >= 11 is 0. The second-order valence-electron chi connectivity index (χ2n) is 4.26. The van der Waals surface area contributed by atoms with Crippen molar-refractivity contribution in [3.63, 3.8) is 0 Å². The highest BCUT2D eigenvalue weighted by molar-refractivity contribution is 5.34. The van der Waals surface area contributed by atoms with Crippen LogP contribution in [-0.4, -0.2) is 19.2 Å². The van der Waals surface area contributed by atoms with Crippen LogP contribution in [0.25, 0.3) is 0 Å². The van der Waals surface area contributed by atoms with Crippen LogP contribution in [-0.2, 0) is 0 Å². The number of rotatable bonds is 2. The van der Waals surface area contributed by atoms with Crippen LogP contribution < -0.4 is 10.1 Å². The monoisotopic (exact) mass is 216 g/mol. The molecule has 1 heterocycles. The fourth-order valence-corrected chi connectivity index (χ4v) is 1.90. The Morgan fingerprint density at radius 1 is 1.38 bits per heavy atom. The predicted octanol–water partition coefficient (Wildman–Crippen LogP) is 1.94. The summed E-state index contributed by atoms with van der Waals surface area (Å²) in [7, 11) is 0. The van der Waals surface area contributed by atoms with Crippen LogP contribution in [0.5, 0.6) is 5.75 Å². The number of piperidine rings is 1. The van der Waals surface area contributed by atoms with Gasteiger partial charge in [-0.25, -0.2) is 0 Å². The zero-order valence-corrected chi connectivity index (χ0v) is 9.44. The Morgan fingerprint density at radius 2 is 2.12 bits per heavy atom. The molecule has 0 spiro atoms. The van der Waals surface area contributed by atoms with E-state index in [4.69, 9.17) is 10.00 Å². The van der Waals surface area contributed by atoms with Gasteiger partial charge in [0.05, 0.1) is 11.6 Å². The molecular formula is C13H16N2O. The van der Waals surface area contributed by atoms with Crippen LogP contribution in [0.15, 0.2) is 24.3 Å². The van der Waals surface area contributed by atoms with E-state index in [9.17, 15) is 0 Å². The largest absolute Gasteiger partial charge is 0.489 e. The lowest BCUT2D eigenvalue weighted by atomic mass is 9.97. The average Bonchev–Trinajstić information content (AvgIpc) is 2.33. The molecule has 0 radical (unpaired) electrons. The summed E-state index contributed by atoms with van der Waals surface area (Å²) < 4.78 is 5.90. The third-order valence-corrected chi connectivity index (χ3v) is 3.03. The van der Waals surface area contributed by atoms with E-state index in [-0.39, 0.29) is 6.10 Å². The molecule has 1 aliphatic rings.